The first kappa shape index (κ1) is 10.0. The molecule has 0 radical (unpaired) electrons. The van der Waals surface area contributed by atoms with E-state index in [1.807, 2.05) is 25.4 Å². The molecule has 0 aromatic carbocycles. The van der Waals surface area contributed by atoms with E-state index in [9.17, 15) is 0 Å². The minimum atomic E-state index is 0.759. The molecule has 78 valence electrons. The van der Waals surface area contributed by atoms with Crippen molar-refractivity contribution >= 4 is 17.2 Å². The molecule has 0 amide bonds. The van der Waals surface area contributed by atoms with Crippen LogP contribution in [0.15, 0.2) is 17.8 Å². The van der Waals surface area contributed by atoms with Gasteiger partial charge < -0.3 is 5.32 Å². The molecule has 0 atom stereocenters. The second-order valence-electron chi connectivity index (χ2n) is 3.33. The van der Waals surface area contributed by atoms with E-state index in [4.69, 9.17) is 0 Å². The van der Waals surface area contributed by atoms with E-state index in [1.165, 1.54) is 4.88 Å². The van der Waals surface area contributed by atoms with Crippen molar-refractivity contribution in [3.8, 4) is 0 Å². The van der Waals surface area contributed by atoms with Crippen LogP contribution in [-0.4, -0.2) is 15.2 Å². The zero-order valence-corrected chi connectivity index (χ0v) is 9.51. The van der Waals surface area contributed by atoms with E-state index >= 15 is 0 Å². The molecule has 1 N–H and O–H groups in total. The fraction of sp³-hybridized carbons (Fsp3) is 0.300. The first-order chi connectivity index (χ1) is 7.25. The normalized spacial score (nSPS) is 10.3. The van der Waals surface area contributed by atoms with Crippen LogP contribution in [0.2, 0.25) is 0 Å². The van der Waals surface area contributed by atoms with Gasteiger partial charge in [0.15, 0.2) is 0 Å². The van der Waals surface area contributed by atoms with Crippen molar-refractivity contribution in [1.82, 2.24) is 15.2 Å². The second kappa shape index (κ2) is 4.35. The highest BCUT2D eigenvalue weighted by Crippen LogP contribution is 2.14. The van der Waals surface area contributed by atoms with Crippen molar-refractivity contribution in [3.63, 3.8) is 0 Å². The second-order valence-corrected chi connectivity index (χ2v) is 4.27. The largest absolute Gasteiger partial charge is 0.364 e. The maximum absolute atomic E-state index is 4.19. The van der Waals surface area contributed by atoms with Crippen LogP contribution in [-0.2, 0) is 6.54 Å². The Balaban J connectivity index is 2.02. The third-order valence-electron chi connectivity index (χ3n) is 2.07. The van der Waals surface area contributed by atoms with Crippen molar-refractivity contribution < 1.29 is 0 Å². The first-order valence-corrected chi connectivity index (χ1v) is 5.56. The number of aromatic nitrogens is 3. The molecule has 0 aliphatic carbocycles. The Hall–Kier alpha value is -1.49. The van der Waals surface area contributed by atoms with E-state index in [0.717, 1.165) is 23.6 Å². The Bertz CT molecular complexity index is 452. The number of anilines is 1. The molecule has 0 unspecified atom stereocenters. The molecule has 4 nitrogen and oxygen atoms in total. The zero-order valence-electron chi connectivity index (χ0n) is 8.69. The molecule has 2 aromatic heterocycles. The van der Waals surface area contributed by atoms with Gasteiger partial charge in [-0.15, -0.1) is 16.4 Å². The van der Waals surface area contributed by atoms with E-state index < -0.39 is 0 Å². The molecule has 0 spiro atoms. The minimum absolute atomic E-state index is 0.759. The number of hydrogen-bond acceptors (Lipinski definition) is 5. The maximum Gasteiger partial charge on any atom is 0.149 e. The maximum atomic E-state index is 4.19. The smallest absolute Gasteiger partial charge is 0.149 e. The summed E-state index contributed by atoms with van der Waals surface area (Å²) in [6, 6.07) is 1.98. The predicted molar refractivity (Wildman–Crippen MR) is 60.9 cm³/mol. The molecular formula is C10H12N4S. The van der Waals surface area contributed by atoms with Crippen molar-refractivity contribution in [1.29, 1.82) is 0 Å². The zero-order chi connectivity index (χ0) is 10.7. The molecule has 0 saturated carbocycles. The third kappa shape index (κ3) is 2.50. The molecule has 0 aliphatic heterocycles. The van der Waals surface area contributed by atoms with Gasteiger partial charge in [0, 0.05) is 4.88 Å². The minimum Gasteiger partial charge on any atom is -0.364 e. The molecule has 0 bridgehead atoms. The van der Waals surface area contributed by atoms with Crippen molar-refractivity contribution in [2.45, 2.75) is 20.4 Å². The Labute approximate surface area is 92.4 Å². The Kier molecular flexibility index (Phi) is 2.91. The highest BCUT2D eigenvalue weighted by Gasteiger charge is 2.01. The van der Waals surface area contributed by atoms with Gasteiger partial charge in [0.25, 0.3) is 0 Å². The van der Waals surface area contributed by atoms with Crippen LogP contribution in [0.4, 0.5) is 5.82 Å². The van der Waals surface area contributed by atoms with Crippen LogP contribution in [0.25, 0.3) is 0 Å². The summed E-state index contributed by atoms with van der Waals surface area (Å²) in [6.07, 6.45) is 1.74. The van der Waals surface area contributed by atoms with Gasteiger partial charge in [-0.25, -0.2) is 4.98 Å². The van der Waals surface area contributed by atoms with Gasteiger partial charge in [-0.05, 0) is 25.5 Å². The Morgan fingerprint density at radius 2 is 2.27 bits per heavy atom. The number of rotatable bonds is 3. The van der Waals surface area contributed by atoms with E-state index in [1.54, 1.807) is 17.5 Å². The molecule has 2 rings (SSSR count). The van der Waals surface area contributed by atoms with Gasteiger partial charge in [-0.3, -0.25) is 0 Å². The average Bonchev–Trinajstić information content (AvgIpc) is 2.61. The fourth-order valence-electron chi connectivity index (χ4n) is 1.22. The van der Waals surface area contributed by atoms with Crippen LogP contribution in [0.1, 0.15) is 16.1 Å². The van der Waals surface area contributed by atoms with Gasteiger partial charge in [0.1, 0.15) is 5.82 Å². The summed E-state index contributed by atoms with van der Waals surface area (Å²) in [5.41, 5.74) is 4.04. The molecule has 2 aromatic rings. The fourth-order valence-corrected chi connectivity index (χ4v) is 1.93. The SMILES string of the molecule is Cc1cnnc(NCc2scnc2C)c1. The van der Waals surface area contributed by atoms with Crippen LogP contribution >= 0.6 is 11.3 Å². The van der Waals surface area contributed by atoms with E-state index in [-0.39, 0.29) is 0 Å². The van der Waals surface area contributed by atoms with Crippen molar-refractivity contribution in [2.75, 3.05) is 5.32 Å². The van der Waals surface area contributed by atoms with Crippen LogP contribution < -0.4 is 5.32 Å². The number of hydrogen-bond donors (Lipinski definition) is 1. The van der Waals surface area contributed by atoms with Crippen molar-refractivity contribution in [3.05, 3.63) is 33.9 Å². The van der Waals surface area contributed by atoms with Crippen molar-refractivity contribution in [2.24, 2.45) is 0 Å². The van der Waals surface area contributed by atoms with Gasteiger partial charge in [-0.2, -0.15) is 5.10 Å². The lowest BCUT2D eigenvalue weighted by Crippen LogP contribution is -2.02. The van der Waals surface area contributed by atoms with Gasteiger partial charge >= 0.3 is 0 Å². The number of thiazole rings is 1. The Morgan fingerprint density at radius 3 is 2.93 bits per heavy atom. The summed E-state index contributed by atoms with van der Waals surface area (Å²) in [5, 5.41) is 11.1. The highest BCUT2D eigenvalue weighted by molar-refractivity contribution is 7.09. The first-order valence-electron chi connectivity index (χ1n) is 4.68. The molecule has 0 saturated heterocycles. The van der Waals surface area contributed by atoms with Gasteiger partial charge in [-0.1, -0.05) is 0 Å². The average molecular weight is 220 g/mol. The highest BCUT2D eigenvalue weighted by atomic mass is 32.1. The molecular weight excluding hydrogens is 208 g/mol. The van der Waals surface area contributed by atoms with E-state index in [2.05, 4.69) is 20.5 Å². The lowest BCUT2D eigenvalue weighted by atomic mass is 10.3. The number of nitrogens with one attached hydrogen (secondary N) is 1. The lowest BCUT2D eigenvalue weighted by Gasteiger charge is -2.03. The number of aryl methyl sites for hydroxylation is 2. The summed E-state index contributed by atoms with van der Waals surface area (Å²) < 4.78 is 0. The summed E-state index contributed by atoms with van der Waals surface area (Å²) in [7, 11) is 0. The summed E-state index contributed by atoms with van der Waals surface area (Å²) in [6.45, 7) is 4.77. The van der Waals surface area contributed by atoms with Crippen LogP contribution in [0.5, 0.6) is 0 Å². The van der Waals surface area contributed by atoms with Crippen LogP contribution in [0, 0.1) is 13.8 Å². The molecule has 0 aliphatic rings. The van der Waals surface area contributed by atoms with Gasteiger partial charge in [0.05, 0.1) is 23.9 Å². The molecule has 5 heteroatoms. The quantitative estimate of drug-likeness (QED) is 0.861. The summed E-state index contributed by atoms with van der Waals surface area (Å²) in [5.74, 6) is 0.808. The molecule has 15 heavy (non-hydrogen) atoms. The van der Waals surface area contributed by atoms with Crippen LogP contribution in [0.3, 0.4) is 0 Å². The topological polar surface area (TPSA) is 50.7 Å². The van der Waals surface area contributed by atoms with E-state index in [0.29, 0.717) is 0 Å². The van der Waals surface area contributed by atoms with Gasteiger partial charge in [0.2, 0.25) is 0 Å². The third-order valence-corrected chi connectivity index (χ3v) is 3.00. The molecule has 0 fully saturated rings. The predicted octanol–water partition coefficient (Wildman–Crippen LogP) is 2.16. The molecule has 2 heterocycles. The summed E-state index contributed by atoms with van der Waals surface area (Å²) in [4.78, 5) is 5.42. The lowest BCUT2D eigenvalue weighted by molar-refractivity contribution is 0.988. The number of nitrogens with zero attached hydrogens (tertiary/aromatic N) is 3. The monoisotopic (exact) mass is 220 g/mol. The summed E-state index contributed by atoms with van der Waals surface area (Å²) >= 11 is 1.65. The standard InChI is InChI=1S/C10H12N4S/c1-7-3-10(14-13-4-7)11-5-9-8(2)12-6-15-9/h3-4,6H,5H2,1-2H3,(H,11,14). The Morgan fingerprint density at radius 1 is 1.40 bits per heavy atom.